The van der Waals surface area contributed by atoms with Crippen molar-refractivity contribution in [1.82, 2.24) is 25.0 Å². The van der Waals surface area contributed by atoms with Crippen LogP contribution in [0, 0.1) is 0 Å². The summed E-state index contributed by atoms with van der Waals surface area (Å²) in [5.41, 5.74) is 0.0784. The van der Waals surface area contributed by atoms with Gasteiger partial charge in [0.25, 0.3) is 17.4 Å². The van der Waals surface area contributed by atoms with E-state index in [0.717, 1.165) is 12.8 Å². The van der Waals surface area contributed by atoms with Crippen molar-refractivity contribution in [3.05, 3.63) is 81.6 Å². The van der Waals surface area contributed by atoms with Crippen LogP contribution in [0.3, 0.4) is 0 Å². The van der Waals surface area contributed by atoms with Crippen LogP contribution in [0.4, 0.5) is 5.95 Å². The summed E-state index contributed by atoms with van der Waals surface area (Å²) in [4.78, 5) is 39.5. The molecule has 1 aromatic carbocycles. The van der Waals surface area contributed by atoms with Crippen molar-refractivity contribution in [1.29, 1.82) is 0 Å². The predicted octanol–water partition coefficient (Wildman–Crippen LogP) is 2.47. The minimum atomic E-state index is -0.767. The number of pyridine rings is 2. The molecule has 4 rings (SSSR count). The van der Waals surface area contributed by atoms with Gasteiger partial charge in [-0.1, -0.05) is 54.8 Å². The van der Waals surface area contributed by atoms with Crippen LogP contribution in [0.1, 0.15) is 46.0 Å². The number of ketones is 1. The molecule has 0 spiro atoms. The molecule has 32 heavy (non-hydrogen) atoms. The normalized spacial score (nSPS) is 10.8. The Kier molecular flexibility index (Phi) is 6.02. The molecule has 0 saturated carbocycles. The van der Waals surface area contributed by atoms with Crippen LogP contribution in [0.2, 0.25) is 0 Å². The largest absolute Gasteiger partial charge is 0.479 e. The molecule has 0 unspecified atom stereocenters. The molecule has 2 N–H and O–H groups in total. The van der Waals surface area contributed by atoms with Crippen LogP contribution in [-0.2, 0) is 0 Å². The van der Waals surface area contributed by atoms with Gasteiger partial charge in [0.05, 0.1) is 12.1 Å². The quantitative estimate of drug-likeness (QED) is 0.323. The Hall–Kier alpha value is -4.34. The Labute approximate surface area is 182 Å². The number of benzene rings is 1. The maximum absolute atomic E-state index is 13.3. The van der Waals surface area contributed by atoms with Gasteiger partial charge in [-0.2, -0.15) is 5.21 Å². The first-order chi connectivity index (χ1) is 15.6. The van der Waals surface area contributed by atoms with Crippen LogP contribution < -0.4 is 15.6 Å². The van der Waals surface area contributed by atoms with Crippen LogP contribution in [0.15, 0.2) is 59.4 Å². The van der Waals surface area contributed by atoms with Gasteiger partial charge in [0.1, 0.15) is 5.56 Å². The zero-order valence-corrected chi connectivity index (χ0v) is 17.2. The van der Waals surface area contributed by atoms with Gasteiger partial charge >= 0.3 is 0 Å². The summed E-state index contributed by atoms with van der Waals surface area (Å²) in [6, 6.07) is 14.9. The molecular weight excluding hydrogens is 412 g/mol. The monoisotopic (exact) mass is 432 g/mol. The third-order valence-corrected chi connectivity index (χ3v) is 4.80. The Morgan fingerprint density at radius 3 is 2.62 bits per heavy atom. The summed E-state index contributed by atoms with van der Waals surface area (Å²) in [7, 11) is 0. The third-order valence-electron chi connectivity index (χ3n) is 4.80. The van der Waals surface area contributed by atoms with Crippen molar-refractivity contribution >= 4 is 23.2 Å². The molecule has 0 aliphatic heterocycles. The number of anilines is 1. The molecule has 0 aliphatic rings. The molecule has 0 aliphatic carbocycles. The lowest BCUT2D eigenvalue weighted by Crippen LogP contribution is -2.29. The molecule has 0 radical (unpaired) electrons. The van der Waals surface area contributed by atoms with Gasteiger partial charge in [-0.3, -0.25) is 19.7 Å². The second-order valence-corrected chi connectivity index (χ2v) is 6.95. The smallest absolute Gasteiger partial charge is 0.270 e. The first-order valence-corrected chi connectivity index (χ1v) is 10.1. The van der Waals surface area contributed by atoms with E-state index >= 15 is 0 Å². The topological polar surface area (TPSA) is 131 Å². The Morgan fingerprint density at radius 2 is 1.91 bits per heavy atom. The van der Waals surface area contributed by atoms with E-state index in [-0.39, 0.29) is 28.7 Å². The highest BCUT2D eigenvalue weighted by Crippen LogP contribution is 2.21. The highest BCUT2D eigenvalue weighted by molar-refractivity contribution is 6.15. The standard InChI is InChI=1S/C22H20N6O4/c1-2-3-12-32-18-11-7-10-17-15(19(29)14-8-5-4-6-9-14)13-16(21(31)28(17)18)20(30)23-22-24-26-27-25-22/h4-11,13H,2-3,12H2,1H3,(H2,23,24,25,26,27,30). The number of tetrazole rings is 1. The Balaban J connectivity index is 1.90. The second-order valence-electron chi connectivity index (χ2n) is 6.95. The van der Waals surface area contributed by atoms with E-state index in [9.17, 15) is 14.4 Å². The molecule has 3 heterocycles. The zero-order valence-electron chi connectivity index (χ0n) is 17.2. The van der Waals surface area contributed by atoms with Gasteiger partial charge in [-0.15, -0.1) is 5.10 Å². The number of fused-ring (bicyclic) bond motifs is 1. The third kappa shape index (κ3) is 4.10. The number of H-pyrrole nitrogens is 1. The van der Waals surface area contributed by atoms with Crippen molar-refractivity contribution < 1.29 is 14.3 Å². The van der Waals surface area contributed by atoms with Gasteiger partial charge in [-0.25, -0.2) is 4.40 Å². The maximum atomic E-state index is 13.3. The van der Waals surface area contributed by atoms with E-state index in [2.05, 4.69) is 25.9 Å². The van der Waals surface area contributed by atoms with Crippen molar-refractivity contribution in [2.24, 2.45) is 0 Å². The van der Waals surface area contributed by atoms with Crippen molar-refractivity contribution in [2.45, 2.75) is 19.8 Å². The van der Waals surface area contributed by atoms with E-state index in [4.69, 9.17) is 4.74 Å². The fraction of sp³-hybridized carbons (Fsp3) is 0.182. The number of nitrogens with one attached hydrogen (secondary N) is 2. The van der Waals surface area contributed by atoms with Crippen LogP contribution in [0.5, 0.6) is 5.88 Å². The number of nitrogens with zero attached hydrogens (tertiary/aromatic N) is 4. The van der Waals surface area contributed by atoms with Gasteiger partial charge in [-0.05, 0) is 29.8 Å². The summed E-state index contributed by atoms with van der Waals surface area (Å²) < 4.78 is 7.05. The molecule has 3 aromatic heterocycles. The number of hydrogen-bond donors (Lipinski definition) is 2. The molecule has 1 amide bonds. The van der Waals surface area contributed by atoms with E-state index in [1.54, 1.807) is 48.5 Å². The number of hydrogen-bond acceptors (Lipinski definition) is 7. The molecule has 0 atom stereocenters. The molecule has 10 nitrogen and oxygen atoms in total. The first-order valence-electron chi connectivity index (χ1n) is 10.1. The minimum Gasteiger partial charge on any atom is -0.479 e. The highest BCUT2D eigenvalue weighted by atomic mass is 16.5. The lowest BCUT2D eigenvalue weighted by molar-refractivity contribution is 0.102. The van der Waals surface area contributed by atoms with Crippen molar-refractivity contribution in [3.63, 3.8) is 0 Å². The zero-order chi connectivity index (χ0) is 22.5. The van der Waals surface area contributed by atoms with Crippen molar-refractivity contribution in [3.8, 4) is 5.88 Å². The number of aromatic nitrogens is 5. The first kappa shape index (κ1) is 20.9. The minimum absolute atomic E-state index is 0.0945. The van der Waals surface area contributed by atoms with E-state index in [1.807, 2.05) is 6.92 Å². The number of carbonyl (C=O) groups excluding carboxylic acids is 2. The van der Waals surface area contributed by atoms with Crippen molar-refractivity contribution in [2.75, 3.05) is 11.9 Å². The van der Waals surface area contributed by atoms with E-state index in [0.29, 0.717) is 17.7 Å². The number of rotatable bonds is 8. The van der Waals surface area contributed by atoms with Gasteiger partial charge < -0.3 is 4.74 Å². The number of unbranched alkanes of at least 4 members (excludes halogenated alkanes) is 1. The molecule has 0 bridgehead atoms. The summed E-state index contributed by atoms with van der Waals surface area (Å²) in [5.74, 6) is -0.945. The molecule has 4 aromatic rings. The SMILES string of the molecule is CCCCOc1cccc2c(C(=O)c3ccccc3)cc(C(=O)Nc3nn[nH]n3)c(=O)n12. The second kappa shape index (κ2) is 9.21. The van der Waals surface area contributed by atoms with Crippen LogP contribution in [-0.4, -0.2) is 43.3 Å². The number of amides is 1. The van der Waals surface area contributed by atoms with E-state index < -0.39 is 11.5 Å². The molecule has 0 saturated heterocycles. The number of carbonyl (C=O) groups is 2. The van der Waals surface area contributed by atoms with Crippen LogP contribution >= 0.6 is 0 Å². The predicted molar refractivity (Wildman–Crippen MR) is 116 cm³/mol. The number of aromatic amines is 1. The summed E-state index contributed by atoms with van der Waals surface area (Å²) in [6.45, 7) is 2.42. The average Bonchev–Trinajstić information content (AvgIpc) is 3.32. The fourth-order valence-corrected chi connectivity index (χ4v) is 3.22. The lowest BCUT2D eigenvalue weighted by atomic mass is 10.0. The summed E-state index contributed by atoms with van der Waals surface area (Å²) in [6.07, 6.45) is 1.70. The average molecular weight is 432 g/mol. The fourth-order valence-electron chi connectivity index (χ4n) is 3.22. The van der Waals surface area contributed by atoms with Crippen LogP contribution in [0.25, 0.3) is 5.52 Å². The molecule has 0 fully saturated rings. The summed E-state index contributed by atoms with van der Waals surface area (Å²) in [5, 5.41) is 15.3. The highest BCUT2D eigenvalue weighted by Gasteiger charge is 2.22. The Morgan fingerprint density at radius 1 is 1.09 bits per heavy atom. The lowest BCUT2D eigenvalue weighted by Gasteiger charge is -2.14. The van der Waals surface area contributed by atoms with Gasteiger partial charge in [0.2, 0.25) is 5.88 Å². The number of ether oxygens (including phenoxy) is 1. The van der Waals surface area contributed by atoms with Gasteiger partial charge in [0, 0.05) is 11.1 Å². The molecule has 10 heteroatoms. The Bertz CT molecular complexity index is 1320. The molecular formula is C22H20N6O4. The molecule has 162 valence electrons. The maximum Gasteiger partial charge on any atom is 0.270 e. The van der Waals surface area contributed by atoms with Gasteiger partial charge in [0.15, 0.2) is 5.78 Å². The summed E-state index contributed by atoms with van der Waals surface area (Å²) >= 11 is 0. The van der Waals surface area contributed by atoms with E-state index in [1.165, 1.54) is 10.5 Å².